The predicted octanol–water partition coefficient (Wildman–Crippen LogP) is 1.43. The van der Waals surface area contributed by atoms with Crippen LogP contribution in [0.2, 0.25) is 0 Å². The highest BCUT2D eigenvalue weighted by atomic mass is 32.2. The molecule has 0 spiro atoms. The minimum atomic E-state index is -3.17. The molecular weight excluding hydrogens is 248 g/mol. The summed E-state index contributed by atoms with van der Waals surface area (Å²) in [7, 11) is -3.17. The fourth-order valence-electron chi connectivity index (χ4n) is 2.10. The number of aryl methyl sites for hydroxylation is 2. The van der Waals surface area contributed by atoms with Gasteiger partial charge in [0.1, 0.15) is 0 Å². The van der Waals surface area contributed by atoms with Crippen LogP contribution in [-0.4, -0.2) is 33.8 Å². The lowest BCUT2D eigenvalue weighted by Crippen LogP contribution is -2.41. The van der Waals surface area contributed by atoms with Gasteiger partial charge in [0.15, 0.2) is 0 Å². The predicted molar refractivity (Wildman–Crippen MR) is 74.5 cm³/mol. The Morgan fingerprint density at radius 3 is 2.67 bits per heavy atom. The molecule has 4 nitrogen and oxygen atoms in total. The number of hydrogen-bond acceptors (Lipinski definition) is 3. The second-order valence-electron chi connectivity index (χ2n) is 4.76. The first-order valence-electron chi connectivity index (χ1n) is 6.29. The summed E-state index contributed by atoms with van der Waals surface area (Å²) in [5.41, 5.74) is 3.08. The highest BCUT2D eigenvalue weighted by Crippen LogP contribution is 2.22. The molecule has 1 heterocycles. The average molecular weight is 268 g/mol. The van der Waals surface area contributed by atoms with E-state index in [0.29, 0.717) is 19.5 Å². The molecule has 0 bridgehead atoms. The number of hydrogen-bond donors (Lipinski definition) is 1. The molecular formula is C13H20N2O2S. The van der Waals surface area contributed by atoms with Crippen molar-refractivity contribution in [2.45, 2.75) is 20.3 Å². The fourth-order valence-corrected chi connectivity index (χ4v) is 3.64. The first-order valence-corrected chi connectivity index (χ1v) is 7.90. The fraction of sp³-hybridized carbons (Fsp3) is 0.538. The molecule has 1 saturated heterocycles. The first kappa shape index (κ1) is 13.4. The van der Waals surface area contributed by atoms with Crippen LogP contribution in [-0.2, 0) is 10.0 Å². The van der Waals surface area contributed by atoms with E-state index in [0.717, 1.165) is 17.8 Å². The van der Waals surface area contributed by atoms with Gasteiger partial charge in [0, 0.05) is 13.1 Å². The smallest absolute Gasteiger partial charge is 0.235 e. The van der Waals surface area contributed by atoms with Crippen molar-refractivity contribution in [3.05, 3.63) is 29.3 Å². The molecule has 1 N–H and O–H groups in total. The van der Waals surface area contributed by atoms with Crippen LogP contribution >= 0.6 is 0 Å². The Morgan fingerprint density at radius 2 is 1.94 bits per heavy atom. The van der Waals surface area contributed by atoms with E-state index in [-0.39, 0.29) is 5.75 Å². The molecule has 0 amide bonds. The lowest BCUT2D eigenvalue weighted by molar-refractivity contribution is 0.572. The summed E-state index contributed by atoms with van der Waals surface area (Å²) in [4.78, 5) is 0. The van der Waals surface area contributed by atoms with Crippen molar-refractivity contribution in [1.82, 2.24) is 5.32 Å². The Kier molecular flexibility index (Phi) is 3.92. The van der Waals surface area contributed by atoms with Crippen LogP contribution in [0.4, 0.5) is 5.69 Å². The van der Waals surface area contributed by atoms with Crippen LogP contribution in [0.3, 0.4) is 0 Å². The van der Waals surface area contributed by atoms with Gasteiger partial charge in [0.25, 0.3) is 0 Å². The van der Waals surface area contributed by atoms with Crippen molar-refractivity contribution >= 4 is 15.7 Å². The van der Waals surface area contributed by atoms with Crippen LogP contribution in [0.25, 0.3) is 0 Å². The normalized spacial score (nSPS) is 20.2. The minimum absolute atomic E-state index is 0.215. The van der Waals surface area contributed by atoms with Gasteiger partial charge in [-0.05, 0) is 50.1 Å². The van der Waals surface area contributed by atoms with E-state index in [1.165, 1.54) is 9.87 Å². The van der Waals surface area contributed by atoms with Crippen LogP contribution in [0.5, 0.6) is 0 Å². The van der Waals surface area contributed by atoms with Crippen LogP contribution < -0.4 is 9.62 Å². The van der Waals surface area contributed by atoms with Crippen LogP contribution in [0, 0.1) is 13.8 Å². The van der Waals surface area contributed by atoms with E-state index in [2.05, 4.69) is 5.32 Å². The van der Waals surface area contributed by atoms with Gasteiger partial charge in [0.05, 0.1) is 11.4 Å². The molecule has 0 saturated carbocycles. The van der Waals surface area contributed by atoms with Gasteiger partial charge in [-0.2, -0.15) is 0 Å². The molecule has 0 aliphatic carbocycles. The molecule has 18 heavy (non-hydrogen) atoms. The maximum atomic E-state index is 12.2. The second kappa shape index (κ2) is 5.28. The third-order valence-electron chi connectivity index (χ3n) is 3.36. The topological polar surface area (TPSA) is 49.4 Å². The lowest BCUT2D eigenvalue weighted by atomic mass is 10.1. The van der Waals surface area contributed by atoms with E-state index in [4.69, 9.17) is 0 Å². The number of benzene rings is 1. The molecule has 1 aliphatic heterocycles. The molecule has 0 atom stereocenters. The highest BCUT2D eigenvalue weighted by Gasteiger charge is 2.23. The quantitative estimate of drug-likeness (QED) is 0.838. The lowest BCUT2D eigenvalue weighted by Gasteiger charge is -2.27. The largest absolute Gasteiger partial charge is 0.315 e. The molecule has 1 aromatic carbocycles. The minimum Gasteiger partial charge on any atom is -0.315 e. The zero-order chi connectivity index (χ0) is 13.2. The van der Waals surface area contributed by atoms with Gasteiger partial charge < -0.3 is 5.32 Å². The Morgan fingerprint density at radius 1 is 1.17 bits per heavy atom. The van der Waals surface area contributed by atoms with Crippen molar-refractivity contribution in [1.29, 1.82) is 0 Å². The first-order chi connectivity index (χ1) is 8.50. The van der Waals surface area contributed by atoms with Gasteiger partial charge in [-0.15, -0.1) is 0 Å². The summed E-state index contributed by atoms with van der Waals surface area (Å²) < 4.78 is 26.0. The molecule has 2 rings (SSSR count). The molecule has 1 aromatic rings. The molecule has 5 heteroatoms. The van der Waals surface area contributed by atoms with Gasteiger partial charge >= 0.3 is 0 Å². The Labute approximate surface area is 109 Å². The maximum Gasteiger partial charge on any atom is 0.235 e. The van der Waals surface area contributed by atoms with Gasteiger partial charge in [0.2, 0.25) is 10.0 Å². The van der Waals surface area contributed by atoms with Crippen molar-refractivity contribution < 1.29 is 8.42 Å². The summed E-state index contributed by atoms with van der Waals surface area (Å²) in [6.07, 6.45) is 0.670. The molecule has 0 unspecified atom stereocenters. The Bertz CT molecular complexity index is 526. The zero-order valence-corrected chi connectivity index (χ0v) is 11.8. The summed E-state index contributed by atoms with van der Waals surface area (Å²) in [6.45, 7) is 6.02. The third-order valence-corrected chi connectivity index (χ3v) is 5.23. The van der Waals surface area contributed by atoms with Gasteiger partial charge in [-0.3, -0.25) is 4.31 Å². The number of nitrogens with one attached hydrogen (secondary N) is 1. The number of nitrogens with zero attached hydrogens (tertiary/aromatic N) is 1. The molecule has 0 aromatic heterocycles. The summed E-state index contributed by atoms with van der Waals surface area (Å²) >= 11 is 0. The standard InChI is InChI=1S/C13H20N2O2S/c1-11-4-5-13(10-12(11)2)15-8-7-14-6-3-9-18(15,16)17/h4-5,10,14H,3,6-9H2,1-2H3. The van der Waals surface area contributed by atoms with E-state index in [1.807, 2.05) is 32.0 Å². The SMILES string of the molecule is Cc1ccc(N2CCNCCCS2(=O)=O)cc1C. The Hall–Kier alpha value is -1.07. The highest BCUT2D eigenvalue weighted by molar-refractivity contribution is 7.92. The van der Waals surface area contributed by atoms with Crippen molar-refractivity contribution in [2.75, 3.05) is 29.7 Å². The average Bonchev–Trinajstić information content (AvgIpc) is 2.29. The number of sulfonamides is 1. The van der Waals surface area contributed by atoms with Crippen molar-refractivity contribution in [2.24, 2.45) is 0 Å². The molecule has 1 fully saturated rings. The number of anilines is 1. The van der Waals surface area contributed by atoms with Crippen molar-refractivity contribution in [3.63, 3.8) is 0 Å². The van der Waals surface area contributed by atoms with E-state index in [9.17, 15) is 8.42 Å². The van der Waals surface area contributed by atoms with Crippen molar-refractivity contribution in [3.8, 4) is 0 Å². The number of rotatable bonds is 1. The molecule has 1 aliphatic rings. The maximum absolute atomic E-state index is 12.2. The second-order valence-corrected chi connectivity index (χ2v) is 6.77. The van der Waals surface area contributed by atoms with Gasteiger partial charge in [-0.1, -0.05) is 6.07 Å². The van der Waals surface area contributed by atoms with Crippen LogP contribution in [0.1, 0.15) is 17.5 Å². The Balaban J connectivity index is 2.35. The zero-order valence-electron chi connectivity index (χ0n) is 10.9. The monoisotopic (exact) mass is 268 g/mol. The van der Waals surface area contributed by atoms with E-state index < -0.39 is 10.0 Å². The summed E-state index contributed by atoms with van der Waals surface area (Å²) in [5, 5.41) is 3.24. The van der Waals surface area contributed by atoms with E-state index in [1.54, 1.807) is 0 Å². The van der Waals surface area contributed by atoms with Gasteiger partial charge in [-0.25, -0.2) is 8.42 Å². The van der Waals surface area contributed by atoms with Crippen LogP contribution in [0.15, 0.2) is 18.2 Å². The van der Waals surface area contributed by atoms with E-state index >= 15 is 0 Å². The summed E-state index contributed by atoms with van der Waals surface area (Å²) in [6, 6.07) is 5.82. The summed E-state index contributed by atoms with van der Waals surface area (Å²) in [5.74, 6) is 0.215. The molecule has 100 valence electrons. The third kappa shape index (κ3) is 2.84. The molecule has 0 radical (unpaired) electrons.